The van der Waals surface area contributed by atoms with Gasteiger partial charge in [0.05, 0.1) is 28.5 Å². The fraction of sp³-hybridized carbons (Fsp3) is 0.108. The Hall–Kier alpha value is -5.27. The van der Waals surface area contributed by atoms with Gasteiger partial charge in [0.1, 0.15) is 5.75 Å². The third kappa shape index (κ3) is 4.91. The molecule has 1 aromatic heterocycles. The molecule has 7 heteroatoms. The van der Waals surface area contributed by atoms with E-state index >= 15 is 0 Å². The van der Waals surface area contributed by atoms with Crippen LogP contribution in [0.3, 0.4) is 0 Å². The van der Waals surface area contributed by atoms with Crippen LogP contribution in [0.1, 0.15) is 31.0 Å². The normalized spacial score (nSPS) is 14.9. The lowest BCUT2D eigenvalue weighted by molar-refractivity contribution is -0.113. The van der Waals surface area contributed by atoms with E-state index in [9.17, 15) is 9.59 Å². The molecule has 6 aromatic rings. The highest BCUT2D eigenvalue weighted by Gasteiger charge is 2.32. The predicted molar refractivity (Wildman–Crippen MR) is 178 cm³/mol. The third-order valence-electron chi connectivity index (χ3n) is 7.89. The Kier molecular flexibility index (Phi) is 7.16. The number of anilines is 1. The summed E-state index contributed by atoms with van der Waals surface area (Å²) in [5.41, 5.74) is 3.25. The van der Waals surface area contributed by atoms with Crippen LogP contribution in [0.25, 0.3) is 27.6 Å². The van der Waals surface area contributed by atoms with Crippen LogP contribution in [0, 0.1) is 0 Å². The van der Waals surface area contributed by atoms with Crippen molar-refractivity contribution in [3.8, 4) is 5.75 Å². The van der Waals surface area contributed by atoms with Gasteiger partial charge in [-0.2, -0.15) is 0 Å². The van der Waals surface area contributed by atoms with Gasteiger partial charge in [0.2, 0.25) is 0 Å². The molecule has 2 heterocycles. The number of nitrogens with zero attached hydrogens (tertiary/aromatic N) is 2. The Bertz CT molecular complexity index is 2210. The largest absolute Gasteiger partial charge is 0.494 e. The minimum atomic E-state index is -0.669. The Morgan fingerprint density at radius 3 is 2.20 bits per heavy atom. The van der Waals surface area contributed by atoms with Gasteiger partial charge in [-0.25, -0.2) is 4.99 Å². The van der Waals surface area contributed by atoms with Gasteiger partial charge in [-0.3, -0.25) is 14.2 Å². The fourth-order valence-electron chi connectivity index (χ4n) is 5.90. The third-order valence-corrected chi connectivity index (χ3v) is 8.88. The lowest BCUT2D eigenvalue weighted by Crippen LogP contribution is -2.40. The maximum absolute atomic E-state index is 14.4. The second-order valence-corrected chi connectivity index (χ2v) is 11.6. The first kappa shape index (κ1) is 27.6. The molecule has 0 unspecified atom stereocenters. The summed E-state index contributed by atoms with van der Waals surface area (Å²) >= 11 is 1.34. The van der Waals surface area contributed by atoms with Crippen molar-refractivity contribution in [2.75, 3.05) is 11.9 Å². The van der Waals surface area contributed by atoms with Crippen LogP contribution in [0.15, 0.2) is 130 Å². The number of allylic oxidation sites excluding steroid dienone is 1. The molecule has 1 amide bonds. The molecule has 0 saturated carbocycles. The molecule has 6 nitrogen and oxygen atoms in total. The summed E-state index contributed by atoms with van der Waals surface area (Å²) in [5, 5.41) is 7.36. The molecule has 0 spiro atoms. The summed E-state index contributed by atoms with van der Waals surface area (Å²) in [5.74, 6) is 0.424. The Morgan fingerprint density at radius 1 is 0.909 bits per heavy atom. The first-order valence-corrected chi connectivity index (χ1v) is 15.4. The predicted octanol–water partition coefficient (Wildman–Crippen LogP) is 6.58. The van der Waals surface area contributed by atoms with Gasteiger partial charge in [-0.1, -0.05) is 90.2 Å². The lowest BCUT2D eigenvalue weighted by atomic mass is 9.95. The summed E-state index contributed by atoms with van der Waals surface area (Å²) in [6, 6.07) is 34.8. The van der Waals surface area contributed by atoms with E-state index in [1.807, 2.05) is 98.8 Å². The molecule has 0 aliphatic carbocycles. The van der Waals surface area contributed by atoms with Crippen molar-refractivity contribution in [1.82, 2.24) is 4.57 Å². The van der Waals surface area contributed by atoms with Gasteiger partial charge in [0.25, 0.3) is 11.5 Å². The smallest absolute Gasteiger partial charge is 0.271 e. The van der Waals surface area contributed by atoms with Crippen molar-refractivity contribution in [3.63, 3.8) is 0 Å². The number of ether oxygens (including phenoxy) is 1. The minimum Gasteiger partial charge on any atom is -0.494 e. The van der Waals surface area contributed by atoms with Crippen LogP contribution in [-0.2, 0) is 4.79 Å². The monoisotopic (exact) mass is 595 g/mol. The number of rotatable bonds is 6. The quantitative estimate of drug-likeness (QED) is 0.221. The maximum Gasteiger partial charge on any atom is 0.271 e. The average molecular weight is 596 g/mol. The number of amides is 1. The number of hydrogen-bond donors (Lipinski definition) is 1. The molecule has 1 aliphatic rings. The topological polar surface area (TPSA) is 72.7 Å². The molecule has 44 heavy (non-hydrogen) atoms. The number of fused-ring (bicyclic) bond motifs is 3. The van der Waals surface area contributed by atoms with E-state index in [2.05, 4.69) is 35.6 Å². The van der Waals surface area contributed by atoms with E-state index in [0.29, 0.717) is 32.9 Å². The molecule has 0 radical (unpaired) electrons. The number of nitrogens with one attached hydrogen (secondary N) is 1. The van der Waals surface area contributed by atoms with Gasteiger partial charge in [-0.05, 0) is 82.9 Å². The second-order valence-electron chi connectivity index (χ2n) is 10.6. The molecule has 1 aliphatic heterocycles. The van der Waals surface area contributed by atoms with E-state index < -0.39 is 6.04 Å². The van der Waals surface area contributed by atoms with E-state index in [4.69, 9.17) is 9.73 Å². The van der Waals surface area contributed by atoms with Gasteiger partial charge < -0.3 is 10.1 Å². The molecule has 216 valence electrons. The molecule has 0 saturated heterocycles. The van der Waals surface area contributed by atoms with Crippen molar-refractivity contribution in [1.29, 1.82) is 0 Å². The number of para-hydroxylation sites is 1. The van der Waals surface area contributed by atoms with Crippen LogP contribution >= 0.6 is 11.3 Å². The number of aromatic nitrogens is 1. The van der Waals surface area contributed by atoms with Crippen LogP contribution in [-0.4, -0.2) is 17.1 Å². The zero-order chi connectivity index (χ0) is 30.2. The average Bonchev–Trinajstić information content (AvgIpc) is 3.35. The SMILES string of the molecule is CCOc1ccc([C@H]2C(C(=O)Nc3ccccc3)=C(C)N=c3s/c(=C\c4c5ccccc5cc5ccccc45)c(=O)n32)cc1. The molecule has 5 aromatic carbocycles. The fourth-order valence-corrected chi connectivity index (χ4v) is 6.92. The first-order valence-electron chi connectivity index (χ1n) is 14.5. The van der Waals surface area contributed by atoms with Crippen molar-refractivity contribution in [2.45, 2.75) is 19.9 Å². The highest BCUT2D eigenvalue weighted by molar-refractivity contribution is 7.07. The van der Waals surface area contributed by atoms with Crippen molar-refractivity contribution < 1.29 is 9.53 Å². The molecular formula is C37H29N3O3S. The van der Waals surface area contributed by atoms with E-state index in [1.165, 1.54) is 11.3 Å². The van der Waals surface area contributed by atoms with Crippen LogP contribution in [0.5, 0.6) is 5.75 Å². The zero-order valence-electron chi connectivity index (χ0n) is 24.3. The highest BCUT2D eigenvalue weighted by Crippen LogP contribution is 2.32. The van der Waals surface area contributed by atoms with Gasteiger partial charge >= 0.3 is 0 Å². The Labute approximate surface area is 257 Å². The molecule has 7 rings (SSSR count). The van der Waals surface area contributed by atoms with E-state index in [0.717, 1.165) is 38.4 Å². The van der Waals surface area contributed by atoms with Crippen molar-refractivity contribution in [2.24, 2.45) is 4.99 Å². The Balaban J connectivity index is 1.44. The summed E-state index contributed by atoms with van der Waals surface area (Å²) < 4.78 is 7.89. The Morgan fingerprint density at radius 2 is 1.55 bits per heavy atom. The molecule has 0 fully saturated rings. The zero-order valence-corrected chi connectivity index (χ0v) is 25.1. The maximum atomic E-state index is 14.4. The summed E-state index contributed by atoms with van der Waals surface area (Å²) in [7, 11) is 0. The van der Waals surface area contributed by atoms with Gasteiger partial charge in [-0.15, -0.1) is 0 Å². The number of carbonyl (C=O) groups is 1. The summed E-state index contributed by atoms with van der Waals surface area (Å²) in [4.78, 5) is 33.6. The van der Waals surface area contributed by atoms with E-state index in [-0.39, 0.29) is 11.5 Å². The van der Waals surface area contributed by atoms with Crippen LogP contribution < -0.4 is 24.9 Å². The molecule has 0 bridgehead atoms. The lowest BCUT2D eigenvalue weighted by Gasteiger charge is -2.25. The van der Waals surface area contributed by atoms with Crippen molar-refractivity contribution >= 4 is 50.6 Å². The van der Waals surface area contributed by atoms with Crippen LogP contribution in [0.4, 0.5) is 5.69 Å². The molecular weight excluding hydrogens is 566 g/mol. The molecule has 1 N–H and O–H groups in total. The standard InChI is InChI=1S/C37H29N3O3S/c1-3-43-28-19-17-24(18-20-28)34-33(35(41)39-27-13-5-4-6-14-27)23(2)38-37-40(34)36(42)32(44-37)22-31-29-15-9-7-11-25(29)21-26-12-8-10-16-30(26)31/h4-22,34H,3H2,1-2H3,(H,39,41)/b32-22-/t34-/m0/s1. The second kappa shape index (κ2) is 11.4. The number of hydrogen-bond acceptors (Lipinski definition) is 5. The molecule has 1 atom stereocenters. The first-order chi connectivity index (χ1) is 21.5. The summed E-state index contributed by atoms with van der Waals surface area (Å²) in [6.07, 6.45) is 1.98. The minimum absolute atomic E-state index is 0.192. The van der Waals surface area contributed by atoms with Crippen LogP contribution in [0.2, 0.25) is 0 Å². The van der Waals surface area contributed by atoms with Gasteiger partial charge in [0, 0.05) is 5.69 Å². The highest BCUT2D eigenvalue weighted by atomic mass is 32.1. The number of benzene rings is 5. The van der Waals surface area contributed by atoms with Crippen molar-refractivity contribution in [3.05, 3.63) is 151 Å². The van der Waals surface area contributed by atoms with Gasteiger partial charge in [0.15, 0.2) is 4.80 Å². The number of carbonyl (C=O) groups excluding carboxylic acids is 1. The number of thiazole rings is 1. The van der Waals surface area contributed by atoms with E-state index in [1.54, 1.807) is 4.57 Å². The summed E-state index contributed by atoms with van der Waals surface area (Å²) in [6.45, 7) is 4.31.